The lowest BCUT2D eigenvalue weighted by Crippen LogP contribution is -2.29. The zero-order valence-corrected chi connectivity index (χ0v) is 15.6. The first-order valence-corrected chi connectivity index (χ1v) is 9.44. The fourth-order valence-corrected chi connectivity index (χ4v) is 3.57. The summed E-state index contributed by atoms with van der Waals surface area (Å²) < 4.78 is 0. The quantitative estimate of drug-likeness (QED) is 0.421. The molecule has 136 valence electrons. The Bertz CT molecular complexity index is 997. The minimum Gasteiger partial charge on any atom is -0.376 e. The summed E-state index contributed by atoms with van der Waals surface area (Å²) in [4.78, 5) is 0. The Balaban J connectivity index is 2.01. The molecule has 28 heavy (non-hydrogen) atoms. The summed E-state index contributed by atoms with van der Waals surface area (Å²) in [5.74, 6) is 0. The Labute approximate surface area is 166 Å². The first kappa shape index (κ1) is 18.0. The summed E-state index contributed by atoms with van der Waals surface area (Å²) in [5, 5.41) is 12.3. The monoisotopic (exact) mass is 362 g/mol. The Hall–Kier alpha value is -3.42. The fraction of sp³-hybridized carbons (Fsp3) is 0.0370. The molecule has 0 radical (unpaired) electrons. The zero-order valence-electron chi connectivity index (χ0n) is 15.6. The summed E-state index contributed by atoms with van der Waals surface area (Å²) in [6.45, 7) is 0. The molecule has 0 aliphatic carbocycles. The van der Waals surface area contributed by atoms with E-state index >= 15 is 0 Å². The summed E-state index contributed by atoms with van der Waals surface area (Å²) in [6.07, 6.45) is 2.08. The van der Waals surface area contributed by atoms with E-state index in [4.69, 9.17) is 0 Å². The van der Waals surface area contributed by atoms with Crippen molar-refractivity contribution in [1.82, 2.24) is 0 Å². The van der Waals surface area contributed by atoms with Gasteiger partial charge in [-0.25, -0.2) is 0 Å². The molecular formula is C27H22O. The van der Waals surface area contributed by atoms with E-state index in [1.807, 2.05) is 109 Å². The van der Waals surface area contributed by atoms with Crippen LogP contribution >= 0.6 is 0 Å². The van der Waals surface area contributed by atoms with E-state index in [1.165, 1.54) is 0 Å². The summed E-state index contributed by atoms with van der Waals surface area (Å²) in [6, 6.07) is 40.0. The molecule has 0 atom stereocenters. The van der Waals surface area contributed by atoms with Gasteiger partial charge in [0.15, 0.2) is 0 Å². The van der Waals surface area contributed by atoms with Crippen molar-refractivity contribution in [2.75, 3.05) is 0 Å². The molecule has 0 aromatic heterocycles. The maximum absolute atomic E-state index is 12.3. The van der Waals surface area contributed by atoms with E-state index in [2.05, 4.69) is 18.2 Å². The van der Waals surface area contributed by atoms with E-state index in [-0.39, 0.29) is 0 Å². The number of aliphatic hydroxyl groups is 1. The second-order valence-corrected chi connectivity index (χ2v) is 6.78. The van der Waals surface area contributed by atoms with Gasteiger partial charge >= 0.3 is 0 Å². The van der Waals surface area contributed by atoms with E-state index in [1.54, 1.807) is 0 Å². The van der Waals surface area contributed by atoms with Crippen molar-refractivity contribution in [1.29, 1.82) is 0 Å². The first-order valence-electron chi connectivity index (χ1n) is 9.44. The lowest BCUT2D eigenvalue weighted by molar-refractivity contribution is 0.146. The molecule has 0 saturated carbocycles. The molecule has 4 aromatic carbocycles. The molecule has 0 aliphatic rings. The van der Waals surface area contributed by atoms with E-state index in [0.717, 1.165) is 27.8 Å². The van der Waals surface area contributed by atoms with Crippen LogP contribution in [0.3, 0.4) is 0 Å². The van der Waals surface area contributed by atoms with Crippen LogP contribution in [0, 0.1) is 0 Å². The van der Waals surface area contributed by atoms with Gasteiger partial charge in [0.1, 0.15) is 5.60 Å². The second kappa shape index (κ2) is 8.08. The van der Waals surface area contributed by atoms with Gasteiger partial charge in [0.05, 0.1) is 0 Å². The highest BCUT2D eigenvalue weighted by atomic mass is 16.3. The van der Waals surface area contributed by atoms with Crippen molar-refractivity contribution >= 4 is 11.6 Å². The summed E-state index contributed by atoms with van der Waals surface area (Å²) in [7, 11) is 0. The van der Waals surface area contributed by atoms with Crippen molar-refractivity contribution < 1.29 is 5.11 Å². The average Bonchev–Trinajstić information content (AvgIpc) is 2.79. The van der Waals surface area contributed by atoms with Gasteiger partial charge < -0.3 is 5.11 Å². The summed E-state index contributed by atoms with van der Waals surface area (Å²) in [5.41, 5.74) is 3.28. The number of rotatable bonds is 5. The van der Waals surface area contributed by atoms with E-state index in [9.17, 15) is 5.11 Å². The molecule has 0 heterocycles. The Morgan fingerprint density at radius 2 is 0.929 bits per heavy atom. The highest BCUT2D eigenvalue weighted by molar-refractivity contribution is 5.89. The van der Waals surface area contributed by atoms with Crippen LogP contribution in [-0.2, 0) is 5.60 Å². The topological polar surface area (TPSA) is 20.2 Å². The molecule has 0 unspecified atom stereocenters. The lowest BCUT2D eigenvalue weighted by Gasteiger charge is -2.33. The maximum atomic E-state index is 12.3. The molecule has 0 bridgehead atoms. The first-order chi connectivity index (χ1) is 13.8. The highest BCUT2D eigenvalue weighted by Crippen LogP contribution is 2.42. The van der Waals surface area contributed by atoms with Gasteiger partial charge in [0.25, 0.3) is 0 Å². The summed E-state index contributed by atoms with van der Waals surface area (Å²) >= 11 is 0. The Morgan fingerprint density at radius 1 is 0.536 bits per heavy atom. The minimum atomic E-state index is -1.28. The average molecular weight is 362 g/mol. The van der Waals surface area contributed by atoms with Crippen molar-refractivity contribution in [3.8, 4) is 0 Å². The number of benzene rings is 4. The molecule has 4 aromatic rings. The van der Waals surface area contributed by atoms with Crippen molar-refractivity contribution in [2.45, 2.75) is 5.60 Å². The van der Waals surface area contributed by atoms with Gasteiger partial charge in [-0.3, -0.25) is 0 Å². The van der Waals surface area contributed by atoms with Crippen LogP contribution in [0.4, 0.5) is 0 Å². The van der Waals surface area contributed by atoms with Gasteiger partial charge in [0.2, 0.25) is 0 Å². The van der Waals surface area contributed by atoms with Gasteiger partial charge in [-0.15, -0.1) is 0 Å². The minimum absolute atomic E-state index is 0.840. The third kappa shape index (κ3) is 3.53. The molecule has 0 spiro atoms. The predicted octanol–water partition coefficient (Wildman–Crippen LogP) is 6.16. The van der Waals surface area contributed by atoms with Crippen LogP contribution in [0.25, 0.3) is 11.6 Å². The lowest BCUT2D eigenvalue weighted by atomic mass is 9.76. The van der Waals surface area contributed by atoms with Gasteiger partial charge in [0, 0.05) is 5.57 Å². The van der Waals surface area contributed by atoms with Crippen molar-refractivity contribution in [3.63, 3.8) is 0 Å². The molecule has 0 fully saturated rings. The zero-order chi connectivity index (χ0) is 19.2. The number of hydrogen-bond donors (Lipinski definition) is 1. The smallest absolute Gasteiger partial charge is 0.141 e. The normalized spacial score (nSPS) is 12.0. The molecule has 1 N–H and O–H groups in total. The number of hydrogen-bond acceptors (Lipinski definition) is 1. The van der Waals surface area contributed by atoms with Crippen molar-refractivity contribution in [2.24, 2.45) is 0 Å². The van der Waals surface area contributed by atoms with Crippen molar-refractivity contribution in [3.05, 3.63) is 144 Å². The molecule has 1 nitrogen and oxygen atoms in total. The van der Waals surface area contributed by atoms with Gasteiger partial charge in [-0.05, 0) is 28.3 Å². The molecular weight excluding hydrogens is 340 g/mol. The predicted molar refractivity (Wildman–Crippen MR) is 117 cm³/mol. The third-order valence-electron chi connectivity index (χ3n) is 4.97. The molecule has 1 heteroatoms. The van der Waals surface area contributed by atoms with Crippen LogP contribution in [-0.4, -0.2) is 5.11 Å². The van der Waals surface area contributed by atoms with Crippen LogP contribution in [0.1, 0.15) is 22.3 Å². The van der Waals surface area contributed by atoms with Crippen LogP contribution in [0.5, 0.6) is 0 Å². The second-order valence-electron chi connectivity index (χ2n) is 6.78. The van der Waals surface area contributed by atoms with Crippen LogP contribution in [0.2, 0.25) is 0 Å². The molecule has 0 aliphatic heterocycles. The van der Waals surface area contributed by atoms with Gasteiger partial charge in [-0.1, -0.05) is 121 Å². The third-order valence-corrected chi connectivity index (χ3v) is 4.97. The van der Waals surface area contributed by atoms with E-state index < -0.39 is 5.60 Å². The van der Waals surface area contributed by atoms with Crippen LogP contribution in [0.15, 0.2) is 121 Å². The van der Waals surface area contributed by atoms with Gasteiger partial charge in [-0.2, -0.15) is 0 Å². The molecule has 4 rings (SSSR count). The Kier molecular flexibility index (Phi) is 5.18. The largest absolute Gasteiger partial charge is 0.376 e. The van der Waals surface area contributed by atoms with Crippen LogP contribution < -0.4 is 0 Å². The standard InChI is InChI=1S/C27H22O/c28-27(24-17-9-3-10-18-24,25-19-11-4-12-20-25)26(23-15-7-2-8-16-23)21-22-13-5-1-6-14-22/h1-21,28H/b26-21-. The SMILES string of the molecule is OC(/C(=C\c1ccccc1)c1ccccc1)(c1ccccc1)c1ccccc1. The maximum Gasteiger partial charge on any atom is 0.141 e. The fourth-order valence-electron chi connectivity index (χ4n) is 3.57. The Morgan fingerprint density at radius 3 is 1.39 bits per heavy atom. The highest BCUT2D eigenvalue weighted by Gasteiger charge is 2.36. The molecule has 0 amide bonds. The molecule has 0 saturated heterocycles. The van der Waals surface area contributed by atoms with E-state index in [0.29, 0.717) is 0 Å².